The molecule has 5 N–H and O–H groups in total. The van der Waals surface area contributed by atoms with Gasteiger partial charge in [0.25, 0.3) is 0 Å². The van der Waals surface area contributed by atoms with Crippen LogP contribution in [0.3, 0.4) is 0 Å². The maximum Gasteiger partial charge on any atom is 0.0449 e. The van der Waals surface area contributed by atoms with Crippen LogP contribution in [0.15, 0.2) is 18.2 Å². The fraction of sp³-hybridized carbons (Fsp3) is 0.333. The Bertz CT molecular complexity index is 294. The Kier molecular flexibility index (Phi) is 5.88. The number of rotatable bonds is 3. The Morgan fingerprint density at radius 1 is 1.43 bits per heavy atom. The Labute approximate surface area is 94.5 Å². The monoisotopic (exact) mass is 236 g/mol. The molecule has 0 fully saturated rings. The van der Waals surface area contributed by atoms with Gasteiger partial charge in [-0.3, -0.25) is 0 Å². The normalized spacial score (nSPS) is 11.9. The molecule has 1 rings (SSSR count). The maximum atomic E-state index is 8.70. The molecule has 0 aliphatic rings. The lowest BCUT2D eigenvalue weighted by Gasteiger charge is -2.13. The average Bonchev–Trinajstić information content (AvgIpc) is 2.09. The van der Waals surface area contributed by atoms with Crippen molar-refractivity contribution in [2.45, 2.75) is 12.5 Å². The number of nitrogen functional groups attached to an aromatic ring is 1. The van der Waals surface area contributed by atoms with Gasteiger partial charge in [-0.05, 0) is 30.2 Å². The molecule has 0 heterocycles. The zero-order valence-corrected chi connectivity index (χ0v) is 9.18. The molecule has 0 aliphatic carbocycles. The van der Waals surface area contributed by atoms with Crippen molar-refractivity contribution in [3.63, 3.8) is 0 Å². The van der Waals surface area contributed by atoms with E-state index in [1.807, 2.05) is 0 Å². The third-order valence-corrected chi connectivity index (χ3v) is 2.12. The van der Waals surface area contributed by atoms with E-state index >= 15 is 0 Å². The van der Waals surface area contributed by atoms with E-state index in [1.165, 1.54) is 0 Å². The lowest BCUT2D eigenvalue weighted by molar-refractivity contribution is 0.276. The lowest BCUT2D eigenvalue weighted by atomic mass is 10.0. The third kappa shape index (κ3) is 3.35. The smallest absolute Gasteiger partial charge is 0.0449 e. The number of aliphatic hydroxyl groups excluding tert-OH is 1. The van der Waals surface area contributed by atoms with Gasteiger partial charge in [-0.1, -0.05) is 11.6 Å². The summed E-state index contributed by atoms with van der Waals surface area (Å²) >= 11 is 5.79. The van der Waals surface area contributed by atoms with Crippen molar-refractivity contribution in [3.8, 4) is 0 Å². The second kappa shape index (κ2) is 6.09. The predicted molar refractivity (Wildman–Crippen MR) is 61.7 cm³/mol. The second-order valence-electron chi connectivity index (χ2n) is 2.89. The van der Waals surface area contributed by atoms with Gasteiger partial charge in [-0.25, -0.2) is 0 Å². The van der Waals surface area contributed by atoms with Gasteiger partial charge >= 0.3 is 0 Å². The van der Waals surface area contributed by atoms with Crippen LogP contribution >= 0.6 is 24.0 Å². The molecule has 0 aromatic heterocycles. The van der Waals surface area contributed by atoms with Gasteiger partial charge in [-0.15, -0.1) is 12.4 Å². The molecule has 0 bridgehead atoms. The summed E-state index contributed by atoms with van der Waals surface area (Å²) in [7, 11) is 0. The maximum absolute atomic E-state index is 8.70. The number of hydrogen-bond acceptors (Lipinski definition) is 3. The van der Waals surface area contributed by atoms with E-state index in [2.05, 4.69) is 0 Å². The van der Waals surface area contributed by atoms with E-state index in [4.69, 9.17) is 28.2 Å². The first-order valence-corrected chi connectivity index (χ1v) is 4.44. The molecular weight excluding hydrogens is 223 g/mol. The van der Waals surface area contributed by atoms with Gasteiger partial charge in [0, 0.05) is 23.4 Å². The van der Waals surface area contributed by atoms with Crippen LogP contribution in [-0.2, 0) is 0 Å². The zero-order chi connectivity index (χ0) is 9.84. The lowest BCUT2D eigenvalue weighted by Crippen LogP contribution is -2.13. The molecule has 0 amide bonds. The predicted octanol–water partition coefficient (Wildman–Crippen LogP) is 1.73. The van der Waals surface area contributed by atoms with E-state index in [0.29, 0.717) is 17.1 Å². The van der Waals surface area contributed by atoms with Gasteiger partial charge < -0.3 is 16.6 Å². The van der Waals surface area contributed by atoms with Crippen molar-refractivity contribution < 1.29 is 5.11 Å². The topological polar surface area (TPSA) is 72.3 Å². The average molecular weight is 237 g/mol. The first kappa shape index (κ1) is 13.5. The molecular formula is C9H14Cl2N2O. The Morgan fingerprint density at radius 3 is 2.64 bits per heavy atom. The Morgan fingerprint density at radius 2 is 2.07 bits per heavy atom. The minimum absolute atomic E-state index is 0. The fourth-order valence-corrected chi connectivity index (χ4v) is 1.34. The minimum Gasteiger partial charge on any atom is -0.398 e. The van der Waals surface area contributed by atoms with Crippen LogP contribution in [0.2, 0.25) is 5.02 Å². The van der Waals surface area contributed by atoms with Crippen LogP contribution in [0.1, 0.15) is 18.0 Å². The molecule has 1 aromatic carbocycles. The second-order valence-corrected chi connectivity index (χ2v) is 3.33. The van der Waals surface area contributed by atoms with Crippen molar-refractivity contribution in [2.75, 3.05) is 12.3 Å². The standard InChI is InChI=1S/C9H13ClN2O.ClH/c10-6-1-2-8(11)7(5-6)9(12)3-4-13;/h1-2,5,9,13H,3-4,11-12H2;1H/t9-;/m1./s1. The first-order valence-electron chi connectivity index (χ1n) is 4.06. The number of anilines is 1. The van der Waals surface area contributed by atoms with E-state index in [1.54, 1.807) is 18.2 Å². The number of nitrogens with two attached hydrogens (primary N) is 2. The van der Waals surface area contributed by atoms with Gasteiger partial charge in [0.15, 0.2) is 0 Å². The highest BCUT2D eigenvalue weighted by Crippen LogP contribution is 2.24. The van der Waals surface area contributed by atoms with Crippen molar-refractivity contribution in [1.82, 2.24) is 0 Å². The molecule has 0 radical (unpaired) electrons. The third-order valence-electron chi connectivity index (χ3n) is 1.89. The molecule has 1 atom stereocenters. The van der Waals surface area contributed by atoms with Crippen molar-refractivity contribution in [2.24, 2.45) is 5.73 Å². The van der Waals surface area contributed by atoms with E-state index in [-0.39, 0.29) is 25.1 Å². The quantitative estimate of drug-likeness (QED) is 0.701. The summed E-state index contributed by atoms with van der Waals surface area (Å²) < 4.78 is 0. The largest absolute Gasteiger partial charge is 0.398 e. The number of aliphatic hydroxyl groups is 1. The highest BCUT2D eigenvalue weighted by Gasteiger charge is 2.08. The minimum atomic E-state index is -0.247. The molecule has 0 aliphatic heterocycles. The number of hydrogen-bond donors (Lipinski definition) is 3. The Balaban J connectivity index is 0.00000169. The summed E-state index contributed by atoms with van der Waals surface area (Å²) in [5.74, 6) is 0. The van der Waals surface area contributed by atoms with E-state index in [9.17, 15) is 0 Å². The van der Waals surface area contributed by atoms with Gasteiger partial charge in [0.2, 0.25) is 0 Å². The van der Waals surface area contributed by atoms with Crippen LogP contribution < -0.4 is 11.5 Å². The van der Waals surface area contributed by atoms with Crippen LogP contribution in [-0.4, -0.2) is 11.7 Å². The summed E-state index contributed by atoms with van der Waals surface area (Å²) in [6.07, 6.45) is 0.491. The summed E-state index contributed by atoms with van der Waals surface area (Å²) in [5, 5.41) is 9.31. The Hall–Kier alpha value is -0.480. The summed E-state index contributed by atoms with van der Waals surface area (Å²) in [6, 6.07) is 4.92. The highest BCUT2D eigenvalue weighted by molar-refractivity contribution is 6.30. The molecule has 1 aromatic rings. The zero-order valence-electron chi connectivity index (χ0n) is 7.61. The SMILES string of the molecule is Cl.Nc1ccc(Cl)cc1[C@H](N)CCO. The van der Waals surface area contributed by atoms with Crippen LogP contribution in [0.25, 0.3) is 0 Å². The molecule has 0 spiro atoms. The molecule has 80 valence electrons. The van der Waals surface area contributed by atoms with Gasteiger partial charge in [-0.2, -0.15) is 0 Å². The van der Waals surface area contributed by atoms with Gasteiger partial charge in [0.1, 0.15) is 0 Å². The first-order chi connectivity index (χ1) is 6.15. The van der Waals surface area contributed by atoms with Gasteiger partial charge in [0.05, 0.1) is 0 Å². The summed E-state index contributed by atoms with van der Waals surface area (Å²) in [5.41, 5.74) is 12.9. The molecule has 0 unspecified atom stereocenters. The molecule has 14 heavy (non-hydrogen) atoms. The number of halogens is 2. The molecule has 0 saturated heterocycles. The summed E-state index contributed by atoms with van der Waals surface area (Å²) in [4.78, 5) is 0. The van der Waals surface area contributed by atoms with Crippen molar-refractivity contribution in [3.05, 3.63) is 28.8 Å². The molecule has 0 saturated carbocycles. The van der Waals surface area contributed by atoms with E-state index < -0.39 is 0 Å². The van der Waals surface area contributed by atoms with Crippen molar-refractivity contribution in [1.29, 1.82) is 0 Å². The van der Waals surface area contributed by atoms with E-state index in [0.717, 1.165) is 5.56 Å². The highest BCUT2D eigenvalue weighted by atomic mass is 35.5. The van der Waals surface area contributed by atoms with Crippen LogP contribution in [0.4, 0.5) is 5.69 Å². The molecule has 5 heteroatoms. The van der Waals surface area contributed by atoms with Crippen molar-refractivity contribution >= 4 is 29.7 Å². The molecule has 3 nitrogen and oxygen atoms in total. The number of benzene rings is 1. The van der Waals surface area contributed by atoms with Crippen LogP contribution in [0.5, 0.6) is 0 Å². The fourth-order valence-electron chi connectivity index (χ4n) is 1.16. The summed E-state index contributed by atoms with van der Waals surface area (Å²) in [6.45, 7) is 0.0487. The van der Waals surface area contributed by atoms with Crippen LogP contribution in [0, 0.1) is 0 Å².